The third-order valence-electron chi connectivity index (χ3n) is 2.04. The summed E-state index contributed by atoms with van der Waals surface area (Å²) in [6.45, 7) is 0. The monoisotopic (exact) mass is 213 g/mol. The van der Waals surface area contributed by atoms with Crippen LogP contribution in [0.3, 0.4) is 0 Å². The van der Waals surface area contributed by atoms with Gasteiger partial charge in [0.1, 0.15) is 12.7 Å². The molecule has 3 heterocycles. The minimum absolute atomic E-state index is 0.538. The molecule has 0 atom stereocenters. The largest absolute Gasteiger partial charge is 0.273 e. The molecule has 78 valence electrons. The molecule has 0 unspecified atom stereocenters. The van der Waals surface area contributed by atoms with Gasteiger partial charge in [-0.05, 0) is 0 Å². The first-order valence-corrected chi connectivity index (χ1v) is 4.59. The van der Waals surface area contributed by atoms with Crippen LogP contribution in [0.2, 0.25) is 0 Å². The first kappa shape index (κ1) is 8.72. The molecule has 3 aromatic heterocycles. The van der Waals surface area contributed by atoms with Gasteiger partial charge in [-0.25, -0.2) is 15.0 Å². The molecule has 3 aromatic rings. The number of nitrogens with one attached hydrogen (secondary N) is 1. The van der Waals surface area contributed by atoms with Gasteiger partial charge in [-0.2, -0.15) is 4.98 Å². The summed E-state index contributed by atoms with van der Waals surface area (Å²) in [5, 5.41) is 6.89. The average Bonchev–Trinajstić information content (AvgIpc) is 3.01. The number of aromatic amines is 1. The second-order valence-corrected chi connectivity index (χ2v) is 3.08. The summed E-state index contributed by atoms with van der Waals surface area (Å²) in [6.07, 6.45) is 9.89. The van der Waals surface area contributed by atoms with E-state index in [1.807, 2.05) is 0 Å². The predicted octanol–water partition coefficient (Wildman–Crippen LogP) is 0.447. The van der Waals surface area contributed by atoms with E-state index in [1.54, 1.807) is 35.7 Å². The minimum atomic E-state index is 0.538. The fourth-order valence-electron chi connectivity index (χ4n) is 1.30. The van der Waals surface area contributed by atoms with E-state index in [0.717, 1.165) is 5.56 Å². The average molecular weight is 213 g/mol. The zero-order valence-corrected chi connectivity index (χ0v) is 8.15. The Bertz CT molecular complexity index is 569. The van der Waals surface area contributed by atoms with Crippen molar-refractivity contribution in [1.29, 1.82) is 0 Å². The summed E-state index contributed by atoms with van der Waals surface area (Å²) in [6, 6.07) is 0. The van der Waals surface area contributed by atoms with Crippen LogP contribution in [0.4, 0.5) is 0 Å². The lowest BCUT2D eigenvalue weighted by Crippen LogP contribution is -1.92. The van der Waals surface area contributed by atoms with Gasteiger partial charge in [0.25, 0.3) is 5.95 Å². The van der Waals surface area contributed by atoms with Crippen molar-refractivity contribution in [1.82, 2.24) is 34.7 Å². The number of hydrogen-bond donors (Lipinski definition) is 1. The molecule has 0 fully saturated rings. The molecule has 16 heavy (non-hydrogen) atoms. The van der Waals surface area contributed by atoms with Gasteiger partial charge in [0.2, 0.25) is 0 Å². The fraction of sp³-hybridized carbons (Fsp3) is 0. The molecule has 0 radical (unpaired) electrons. The van der Waals surface area contributed by atoms with Crippen molar-refractivity contribution in [2.45, 2.75) is 0 Å². The van der Waals surface area contributed by atoms with Gasteiger partial charge in [-0.15, -0.1) is 5.10 Å². The topological polar surface area (TPSA) is 85.2 Å². The maximum absolute atomic E-state index is 4.30. The quantitative estimate of drug-likeness (QED) is 0.667. The lowest BCUT2D eigenvalue weighted by atomic mass is 10.3. The molecule has 0 aromatic carbocycles. The third kappa shape index (κ3) is 1.44. The number of aromatic nitrogens is 7. The van der Waals surface area contributed by atoms with Crippen LogP contribution in [0.1, 0.15) is 0 Å². The molecule has 0 aliphatic heterocycles. The van der Waals surface area contributed by atoms with E-state index in [4.69, 9.17) is 0 Å². The van der Waals surface area contributed by atoms with Crippen LogP contribution in [0.5, 0.6) is 0 Å². The lowest BCUT2D eigenvalue weighted by molar-refractivity contribution is 0.931. The zero-order chi connectivity index (χ0) is 10.8. The van der Waals surface area contributed by atoms with E-state index >= 15 is 0 Å². The van der Waals surface area contributed by atoms with Crippen molar-refractivity contribution in [3.63, 3.8) is 0 Å². The molecule has 7 nitrogen and oxygen atoms in total. The summed E-state index contributed by atoms with van der Waals surface area (Å²) in [4.78, 5) is 16.1. The molecule has 0 saturated heterocycles. The first-order chi connectivity index (χ1) is 7.93. The van der Waals surface area contributed by atoms with Gasteiger partial charge in [0, 0.05) is 24.8 Å². The molecule has 0 saturated carbocycles. The number of H-pyrrole nitrogens is 1. The standard InChI is InChI=1S/C9H7N7/c1-2-16(6-10-1)9-13-8(14-15-9)7-3-11-5-12-4-7/h1-6H,(H,13,14,15). The van der Waals surface area contributed by atoms with Crippen molar-refractivity contribution in [2.24, 2.45) is 0 Å². The summed E-state index contributed by atoms with van der Waals surface area (Å²) in [5.74, 6) is 1.17. The summed E-state index contributed by atoms with van der Waals surface area (Å²) in [7, 11) is 0. The molecule has 0 aliphatic carbocycles. The van der Waals surface area contributed by atoms with Crippen LogP contribution in [0.15, 0.2) is 37.4 Å². The summed E-state index contributed by atoms with van der Waals surface area (Å²) >= 11 is 0. The van der Waals surface area contributed by atoms with Crippen LogP contribution in [-0.4, -0.2) is 34.7 Å². The third-order valence-corrected chi connectivity index (χ3v) is 2.04. The highest BCUT2D eigenvalue weighted by Crippen LogP contribution is 2.12. The highest BCUT2D eigenvalue weighted by Gasteiger charge is 2.06. The second kappa shape index (κ2) is 3.54. The van der Waals surface area contributed by atoms with Gasteiger partial charge < -0.3 is 0 Å². The number of imidazole rings is 1. The van der Waals surface area contributed by atoms with Gasteiger partial charge >= 0.3 is 0 Å². The summed E-state index contributed by atoms with van der Waals surface area (Å²) in [5.41, 5.74) is 0.793. The maximum atomic E-state index is 4.30. The number of nitrogens with zero attached hydrogens (tertiary/aromatic N) is 6. The fourth-order valence-corrected chi connectivity index (χ4v) is 1.30. The lowest BCUT2D eigenvalue weighted by Gasteiger charge is -1.92. The van der Waals surface area contributed by atoms with Crippen LogP contribution < -0.4 is 0 Å². The molecule has 0 spiro atoms. The minimum Gasteiger partial charge on any atom is -0.273 e. The zero-order valence-electron chi connectivity index (χ0n) is 8.15. The van der Waals surface area contributed by atoms with Crippen LogP contribution in [-0.2, 0) is 0 Å². The Hall–Kier alpha value is -2.57. The molecule has 0 amide bonds. The Morgan fingerprint density at radius 2 is 2.00 bits per heavy atom. The Balaban J connectivity index is 2.00. The molecular weight excluding hydrogens is 206 g/mol. The Labute approximate surface area is 90.2 Å². The Morgan fingerprint density at radius 1 is 1.12 bits per heavy atom. The van der Waals surface area contributed by atoms with Gasteiger partial charge in [0.05, 0.1) is 5.56 Å². The van der Waals surface area contributed by atoms with E-state index in [1.165, 1.54) is 6.33 Å². The van der Waals surface area contributed by atoms with Gasteiger partial charge in [-0.3, -0.25) is 9.67 Å². The van der Waals surface area contributed by atoms with E-state index in [0.29, 0.717) is 11.8 Å². The molecule has 3 rings (SSSR count). The molecule has 0 aliphatic rings. The van der Waals surface area contributed by atoms with Crippen molar-refractivity contribution < 1.29 is 0 Å². The molecule has 1 N–H and O–H groups in total. The SMILES string of the molecule is c1cn(-c2n[nH]c(-c3cncnc3)n2)cn1. The molecule has 0 bridgehead atoms. The van der Waals surface area contributed by atoms with Crippen LogP contribution in [0.25, 0.3) is 17.3 Å². The van der Waals surface area contributed by atoms with Crippen LogP contribution in [0, 0.1) is 0 Å². The second-order valence-electron chi connectivity index (χ2n) is 3.08. The highest BCUT2D eigenvalue weighted by atomic mass is 15.3. The normalized spacial score (nSPS) is 10.5. The first-order valence-electron chi connectivity index (χ1n) is 4.59. The van der Waals surface area contributed by atoms with Crippen LogP contribution >= 0.6 is 0 Å². The predicted molar refractivity (Wildman–Crippen MR) is 54.5 cm³/mol. The van der Waals surface area contributed by atoms with Crippen molar-refractivity contribution >= 4 is 0 Å². The molecular formula is C9H7N7. The van der Waals surface area contributed by atoms with E-state index in [9.17, 15) is 0 Å². The van der Waals surface area contributed by atoms with Crippen molar-refractivity contribution in [3.8, 4) is 17.3 Å². The molecule has 7 heteroatoms. The van der Waals surface area contributed by atoms with Crippen molar-refractivity contribution in [3.05, 3.63) is 37.4 Å². The Morgan fingerprint density at radius 3 is 2.75 bits per heavy atom. The van der Waals surface area contributed by atoms with Crippen molar-refractivity contribution in [2.75, 3.05) is 0 Å². The number of hydrogen-bond acceptors (Lipinski definition) is 5. The summed E-state index contributed by atoms with van der Waals surface area (Å²) < 4.78 is 1.71. The smallest absolute Gasteiger partial charge is 0.254 e. The maximum Gasteiger partial charge on any atom is 0.254 e. The Kier molecular flexibility index (Phi) is 1.93. The number of rotatable bonds is 2. The van der Waals surface area contributed by atoms with E-state index in [-0.39, 0.29) is 0 Å². The van der Waals surface area contributed by atoms with E-state index in [2.05, 4.69) is 30.1 Å². The van der Waals surface area contributed by atoms with E-state index < -0.39 is 0 Å². The highest BCUT2D eigenvalue weighted by molar-refractivity contribution is 5.51. The van der Waals surface area contributed by atoms with Gasteiger partial charge in [-0.1, -0.05) is 0 Å². The van der Waals surface area contributed by atoms with Gasteiger partial charge in [0.15, 0.2) is 5.82 Å².